The fourth-order valence-corrected chi connectivity index (χ4v) is 5.00. The molecule has 1 aliphatic rings. The van der Waals surface area contributed by atoms with Gasteiger partial charge in [-0.25, -0.2) is 16.8 Å². The van der Waals surface area contributed by atoms with Crippen LogP contribution in [-0.4, -0.2) is 50.9 Å². The van der Waals surface area contributed by atoms with Gasteiger partial charge in [0.15, 0.2) is 15.1 Å². The highest BCUT2D eigenvalue weighted by Crippen LogP contribution is 2.36. The van der Waals surface area contributed by atoms with E-state index in [2.05, 4.69) is 0 Å². The summed E-state index contributed by atoms with van der Waals surface area (Å²) >= 11 is 0. The van der Waals surface area contributed by atoms with E-state index < -0.39 is 42.4 Å². The first-order valence-corrected chi connectivity index (χ1v) is 8.53. The summed E-state index contributed by atoms with van der Waals surface area (Å²) in [5.41, 5.74) is 0. The van der Waals surface area contributed by atoms with Crippen molar-refractivity contribution in [3.63, 3.8) is 0 Å². The van der Waals surface area contributed by atoms with Crippen molar-refractivity contribution >= 4 is 25.6 Å². The molecular weight excluding hydrogens is 256 g/mol. The zero-order chi connectivity index (χ0) is 12.6. The second kappa shape index (κ2) is 4.33. The van der Waals surface area contributed by atoms with Crippen molar-refractivity contribution in [2.24, 2.45) is 5.92 Å². The number of carboxylic acid groups (broad SMARTS) is 1. The maximum atomic E-state index is 11.7. The van der Waals surface area contributed by atoms with E-state index >= 15 is 0 Å². The minimum absolute atomic E-state index is 0.345. The largest absolute Gasteiger partial charge is 0.480 e. The summed E-state index contributed by atoms with van der Waals surface area (Å²) in [5, 5.41) is 7.38. The molecule has 1 atom stereocenters. The summed E-state index contributed by atoms with van der Waals surface area (Å²) in [5.74, 6) is -2.86. The molecule has 6 nitrogen and oxygen atoms in total. The lowest BCUT2D eigenvalue weighted by Gasteiger charge is -2.11. The molecule has 1 N–H and O–H groups in total. The average molecular weight is 270 g/mol. The molecule has 1 saturated carbocycles. The zero-order valence-electron chi connectivity index (χ0n) is 8.79. The number of sulfone groups is 2. The van der Waals surface area contributed by atoms with Gasteiger partial charge in [0.25, 0.3) is 0 Å². The van der Waals surface area contributed by atoms with E-state index in [1.807, 2.05) is 0 Å². The lowest BCUT2D eigenvalue weighted by molar-refractivity contribution is -0.136. The van der Waals surface area contributed by atoms with Crippen LogP contribution in [0.25, 0.3) is 0 Å². The van der Waals surface area contributed by atoms with Gasteiger partial charge in [0.1, 0.15) is 9.84 Å². The molecule has 0 aromatic rings. The Morgan fingerprint density at radius 2 is 1.75 bits per heavy atom. The van der Waals surface area contributed by atoms with Crippen molar-refractivity contribution in [2.45, 2.75) is 18.1 Å². The molecular formula is C8H14O6S2. The molecule has 1 unspecified atom stereocenters. The Labute approximate surface area is 94.5 Å². The molecule has 0 spiro atoms. The third-order valence-corrected chi connectivity index (χ3v) is 5.76. The summed E-state index contributed by atoms with van der Waals surface area (Å²) in [6.45, 7) is 0. The first-order valence-electron chi connectivity index (χ1n) is 4.75. The van der Waals surface area contributed by atoms with E-state index in [-0.39, 0.29) is 5.92 Å². The van der Waals surface area contributed by atoms with Gasteiger partial charge in [-0.2, -0.15) is 0 Å². The van der Waals surface area contributed by atoms with Gasteiger partial charge in [-0.15, -0.1) is 0 Å². The Morgan fingerprint density at radius 1 is 1.25 bits per heavy atom. The van der Waals surface area contributed by atoms with Crippen molar-refractivity contribution in [3.05, 3.63) is 0 Å². The van der Waals surface area contributed by atoms with Crippen LogP contribution in [0.5, 0.6) is 0 Å². The van der Waals surface area contributed by atoms with Crippen molar-refractivity contribution in [3.8, 4) is 0 Å². The minimum atomic E-state index is -3.87. The monoisotopic (exact) mass is 270 g/mol. The van der Waals surface area contributed by atoms with Gasteiger partial charge in [0, 0.05) is 6.26 Å². The van der Waals surface area contributed by atoms with Crippen molar-refractivity contribution in [2.75, 3.05) is 17.8 Å². The van der Waals surface area contributed by atoms with Crippen LogP contribution in [0.4, 0.5) is 0 Å². The number of aliphatic carboxylic acids is 1. The van der Waals surface area contributed by atoms with Gasteiger partial charge >= 0.3 is 5.97 Å². The predicted molar refractivity (Wildman–Crippen MR) is 57.6 cm³/mol. The van der Waals surface area contributed by atoms with Gasteiger partial charge < -0.3 is 5.11 Å². The smallest absolute Gasteiger partial charge is 0.322 e. The summed E-state index contributed by atoms with van der Waals surface area (Å²) < 4.78 is 45.0. The van der Waals surface area contributed by atoms with Crippen LogP contribution in [0.2, 0.25) is 0 Å². The zero-order valence-corrected chi connectivity index (χ0v) is 10.4. The molecule has 0 saturated heterocycles. The second-order valence-electron chi connectivity index (χ2n) is 4.09. The number of hydrogen-bond acceptors (Lipinski definition) is 5. The van der Waals surface area contributed by atoms with Crippen molar-refractivity contribution in [1.82, 2.24) is 0 Å². The van der Waals surface area contributed by atoms with E-state index in [9.17, 15) is 21.6 Å². The minimum Gasteiger partial charge on any atom is -0.480 e. The van der Waals surface area contributed by atoms with E-state index in [4.69, 9.17) is 5.11 Å². The number of hydrogen-bond donors (Lipinski definition) is 1. The number of carboxylic acids is 1. The molecule has 0 aromatic heterocycles. The molecule has 0 bridgehead atoms. The van der Waals surface area contributed by atoms with Crippen LogP contribution in [0.3, 0.4) is 0 Å². The van der Waals surface area contributed by atoms with E-state index in [1.54, 1.807) is 0 Å². The quantitative estimate of drug-likeness (QED) is 0.684. The highest BCUT2D eigenvalue weighted by Gasteiger charge is 2.45. The van der Waals surface area contributed by atoms with E-state index in [0.717, 1.165) is 6.26 Å². The Kier molecular flexibility index (Phi) is 3.63. The number of rotatable bonds is 6. The fourth-order valence-electron chi connectivity index (χ4n) is 1.44. The molecule has 0 aromatic carbocycles. The Bertz CT molecular complexity index is 471. The van der Waals surface area contributed by atoms with E-state index in [0.29, 0.717) is 12.8 Å². The Balaban J connectivity index is 2.79. The molecule has 0 aliphatic heterocycles. The maximum absolute atomic E-state index is 11.7. The van der Waals surface area contributed by atoms with Crippen LogP contribution >= 0.6 is 0 Å². The van der Waals surface area contributed by atoms with Gasteiger partial charge in [0.2, 0.25) is 0 Å². The first kappa shape index (κ1) is 13.4. The molecule has 1 fully saturated rings. The fraction of sp³-hybridized carbons (Fsp3) is 0.875. The maximum Gasteiger partial charge on any atom is 0.322 e. The predicted octanol–water partition coefficient (Wildman–Crippen LogP) is -0.691. The molecule has 0 heterocycles. The lowest BCUT2D eigenvalue weighted by Crippen LogP contribution is -2.35. The van der Waals surface area contributed by atoms with Gasteiger partial charge in [-0.3, -0.25) is 4.79 Å². The normalized spacial score (nSPS) is 19.3. The van der Waals surface area contributed by atoms with Crippen LogP contribution in [0.15, 0.2) is 0 Å². The van der Waals surface area contributed by atoms with Gasteiger partial charge in [-0.1, -0.05) is 0 Å². The number of carbonyl (C=O) groups is 1. The lowest BCUT2D eigenvalue weighted by atomic mass is 10.3. The van der Waals surface area contributed by atoms with Crippen molar-refractivity contribution in [1.29, 1.82) is 0 Å². The topological polar surface area (TPSA) is 106 Å². The van der Waals surface area contributed by atoms with Gasteiger partial charge in [-0.05, 0) is 18.8 Å². The average Bonchev–Trinajstić information content (AvgIpc) is 2.83. The standard InChI is InChI=1S/C8H14O6S2/c1-15(11,12)4-5-16(13,14)7(8(9)10)6-2-3-6/h6-7H,2-5H2,1H3,(H,9,10). The highest BCUT2D eigenvalue weighted by molar-refractivity contribution is 7.95. The van der Waals surface area contributed by atoms with Crippen LogP contribution in [-0.2, 0) is 24.5 Å². The molecule has 0 amide bonds. The molecule has 0 radical (unpaired) electrons. The Hall–Kier alpha value is -0.630. The summed E-state index contributed by atoms with van der Waals surface area (Å²) in [4.78, 5) is 10.8. The summed E-state index contributed by atoms with van der Waals surface area (Å²) in [6.07, 6.45) is 2.08. The molecule has 8 heteroatoms. The third kappa shape index (κ3) is 3.75. The second-order valence-corrected chi connectivity index (χ2v) is 8.59. The van der Waals surface area contributed by atoms with Crippen LogP contribution < -0.4 is 0 Å². The molecule has 16 heavy (non-hydrogen) atoms. The van der Waals surface area contributed by atoms with Crippen LogP contribution in [0.1, 0.15) is 12.8 Å². The van der Waals surface area contributed by atoms with Crippen molar-refractivity contribution < 1.29 is 26.7 Å². The third-order valence-electron chi connectivity index (χ3n) is 2.42. The van der Waals surface area contributed by atoms with Gasteiger partial charge in [0.05, 0.1) is 11.5 Å². The van der Waals surface area contributed by atoms with E-state index in [1.165, 1.54) is 0 Å². The Morgan fingerprint density at radius 3 is 2.06 bits per heavy atom. The summed E-state index contributed by atoms with van der Waals surface area (Å²) in [7, 11) is -7.26. The SMILES string of the molecule is CS(=O)(=O)CCS(=O)(=O)C(C(=O)O)C1CC1. The first-order chi connectivity index (χ1) is 7.13. The molecule has 1 aliphatic carbocycles. The molecule has 1 rings (SSSR count). The molecule has 94 valence electrons. The summed E-state index contributed by atoms with van der Waals surface area (Å²) in [6, 6.07) is 0. The highest BCUT2D eigenvalue weighted by atomic mass is 32.2. The van der Waals surface area contributed by atoms with Crippen LogP contribution in [0, 0.1) is 5.92 Å².